The third-order valence-electron chi connectivity index (χ3n) is 6.36. The molecule has 6 nitrogen and oxygen atoms in total. The fourth-order valence-electron chi connectivity index (χ4n) is 4.81. The SMILES string of the molecule is C#Cc1ccc(N2C3CCC2CN(C(=O)C(F)(F)CNCc2cccc4ncsc24)C3)nc1. The van der Waals surface area contributed by atoms with Gasteiger partial charge in [0.05, 0.1) is 22.3 Å². The maximum Gasteiger partial charge on any atom is 0.336 e. The number of benzene rings is 1. The lowest BCUT2D eigenvalue weighted by atomic mass is 10.1. The number of fused-ring (bicyclic) bond motifs is 3. The van der Waals surface area contributed by atoms with E-state index in [4.69, 9.17) is 6.42 Å². The molecule has 2 aliphatic heterocycles. The molecule has 5 rings (SSSR count). The van der Waals surface area contributed by atoms with E-state index in [9.17, 15) is 13.6 Å². The number of hydrogen-bond donors (Lipinski definition) is 1. The number of hydrogen-bond acceptors (Lipinski definition) is 6. The molecule has 0 aliphatic carbocycles. The quantitative estimate of drug-likeness (QED) is 0.564. The highest BCUT2D eigenvalue weighted by atomic mass is 32.1. The summed E-state index contributed by atoms with van der Waals surface area (Å²) in [7, 11) is 0. The Morgan fingerprint density at radius 3 is 2.70 bits per heavy atom. The van der Waals surface area contributed by atoms with Crippen LogP contribution in [-0.2, 0) is 11.3 Å². The van der Waals surface area contributed by atoms with Crippen molar-refractivity contribution in [2.24, 2.45) is 0 Å². The summed E-state index contributed by atoms with van der Waals surface area (Å²) in [6, 6.07) is 9.27. The lowest BCUT2D eigenvalue weighted by Crippen LogP contribution is -2.59. The van der Waals surface area contributed by atoms with E-state index in [-0.39, 0.29) is 31.7 Å². The van der Waals surface area contributed by atoms with E-state index in [1.165, 1.54) is 16.2 Å². The van der Waals surface area contributed by atoms with Gasteiger partial charge in [0.1, 0.15) is 5.82 Å². The second-order valence-electron chi connectivity index (χ2n) is 8.48. The van der Waals surface area contributed by atoms with Crippen LogP contribution in [0.4, 0.5) is 14.6 Å². The summed E-state index contributed by atoms with van der Waals surface area (Å²) >= 11 is 1.48. The lowest BCUT2D eigenvalue weighted by molar-refractivity contribution is -0.157. The van der Waals surface area contributed by atoms with Gasteiger partial charge in [0.25, 0.3) is 5.91 Å². The van der Waals surface area contributed by atoms with Gasteiger partial charge in [-0.3, -0.25) is 4.79 Å². The summed E-state index contributed by atoms with van der Waals surface area (Å²) in [5.41, 5.74) is 4.17. The van der Waals surface area contributed by atoms with Crippen LogP contribution in [0, 0.1) is 12.3 Å². The maximum atomic E-state index is 14.8. The fourth-order valence-corrected chi connectivity index (χ4v) is 5.62. The summed E-state index contributed by atoms with van der Waals surface area (Å²) in [4.78, 5) is 24.9. The van der Waals surface area contributed by atoms with Crippen molar-refractivity contribution < 1.29 is 13.6 Å². The van der Waals surface area contributed by atoms with Gasteiger partial charge in [0.15, 0.2) is 0 Å². The van der Waals surface area contributed by atoms with Gasteiger partial charge in [-0.05, 0) is 36.6 Å². The van der Waals surface area contributed by atoms with Crippen LogP contribution < -0.4 is 10.2 Å². The standard InChI is InChI=1S/C24H23F2N5OS/c1-2-16-6-9-21(28-10-16)31-18-7-8-19(31)13-30(12-18)23(32)24(25,26)14-27-11-17-4-3-5-20-22(17)33-15-29-20/h1,3-6,9-10,15,18-19,27H,7-8,11-14H2. The zero-order valence-electron chi connectivity index (χ0n) is 17.9. The minimum atomic E-state index is -3.48. The summed E-state index contributed by atoms with van der Waals surface area (Å²) in [6.07, 6.45) is 8.72. The average Bonchev–Trinajstić information content (AvgIpc) is 3.41. The molecule has 2 unspecified atom stereocenters. The fraction of sp³-hybridized carbons (Fsp3) is 0.375. The number of carbonyl (C=O) groups excluding carboxylic acids is 1. The Balaban J connectivity index is 1.21. The number of alkyl halides is 2. The molecule has 2 fully saturated rings. The molecule has 0 saturated carbocycles. The van der Waals surface area contributed by atoms with E-state index in [2.05, 4.69) is 26.1 Å². The van der Waals surface area contributed by atoms with Gasteiger partial charge in [0, 0.05) is 43.5 Å². The van der Waals surface area contributed by atoms with Crippen LogP contribution in [0.25, 0.3) is 10.2 Å². The average molecular weight is 468 g/mol. The van der Waals surface area contributed by atoms with Crippen LogP contribution in [0.5, 0.6) is 0 Å². The zero-order chi connectivity index (χ0) is 23.0. The molecule has 1 N–H and O–H groups in total. The molecule has 1 amide bonds. The number of nitrogens with one attached hydrogen (secondary N) is 1. The molecule has 33 heavy (non-hydrogen) atoms. The van der Waals surface area contributed by atoms with E-state index >= 15 is 0 Å². The van der Waals surface area contributed by atoms with Crippen LogP contribution in [0.1, 0.15) is 24.0 Å². The molecule has 170 valence electrons. The lowest BCUT2D eigenvalue weighted by Gasteiger charge is -2.42. The number of likely N-dealkylation sites (tertiary alicyclic amines) is 1. The molecule has 2 bridgehead atoms. The molecule has 3 aromatic rings. The highest BCUT2D eigenvalue weighted by Crippen LogP contribution is 2.35. The number of halogens is 2. The Morgan fingerprint density at radius 2 is 2.00 bits per heavy atom. The van der Waals surface area contributed by atoms with Crippen molar-refractivity contribution in [1.82, 2.24) is 20.2 Å². The molecule has 0 radical (unpaired) electrons. The number of aromatic nitrogens is 2. The van der Waals surface area contributed by atoms with Gasteiger partial charge < -0.3 is 15.1 Å². The molecule has 0 spiro atoms. The summed E-state index contributed by atoms with van der Waals surface area (Å²) in [5, 5.41) is 2.77. The van der Waals surface area contributed by atoms with Crippen molar-refractivity contribution >= 4 is 33.3 Å². The smallest absolute Gasteiger partial charge is 0.336 e. The molecular formula is C24H23F2N5OS. The third-order valence-corrected chi connectivity index (χ3v) is 7.28. The van der Waals surface area contributed by atoms with Crippen molar-refractivity contribution in [3.8, 4) is 12.3 Å². The summed E-state index contributed by atoms with van der Waals surface area (Å²) in [5.74, 6) is -1.27. The van der Waals surface area contributed by atoms with Crippen LogP contribution >= 0.6 is 11.3 Å². The van der Waals surface area contributed by atoms with E-state index in [1.54, 1.807) is 11.7 Å². The maximum absolute atomic E-state index is 14.8. The molecule has 2 aliphatic rings. The number of nitrogens with zero attached hydrogens (tertiary/aromatic N) is 4. The van der Waals surface area contributed by atoms with Gasteiger partial charge in [-0.1, -0.05) is 18.1 Å². The predicted octanol–water partition coefficient (Wildman–Crippen LogP) is 3.28. The summed E-state index contributed by atoms with van der Waals surface area (Å²) < 4.78 is 30.6. The van der Waals surface area contributed by atoms with Crippen LogP contribution in [0.3, 0.4) is 0 Å². The first kappa shape index (κ1) is 21.7. The highest BCUT2D eigenvalue weighted by Gasteiger charge is 2.48. The van der Waals surface area contributed by atoms with E-state index in [1.807, 2.05) is 30.3 Å². The van der Waals surface area contributed by atoms with Crippen molar-refractivity contribution in [2.75, 3.05) is 24.5 Å². The molecule has 2 saturated heterocycles. The second kappa shape index (κ2) is 8.69. The topological polar surface area (TPSA) is 61.4 Å². The Bertz CT molecular complexity index is 1190. The first-order valence-electron chi connectivity index (χ1n) is 10.9. The number of pyridine rings is 1. The van der Waals surface area contributed by atoms with Gasteiger partial charge in [-0.25, -0.2) is 9.97 Å². The molecule has 2 atom stereocenters. The third kappa shape index (κ3) is 4.16. The monoisotopic (exact) mass is 467 g/mol. The second-order valence-corrected chi connectivity index (χ2v) is 9.33. The van der Waals surface area contributed by atoms with Gasteiger partial charge in [-0.2, -0.15) is 8.78 Å². The van der Waals surface area contributed by atoms with E-state index in [0.717, 1.165) is 34.4 Å². The number of rotatable bonds is 6. The molecule has 4 heterocycles. The Kier molecular flexibility index (Phi) is 5.72. The zero-order valence-corrected chi connectivity index (χ0v) is 18.7. The summed E-state index contributed by atoms with van der Waals surface area (Å²) in [6.45, 7) is 0.0831. The van der Waals surface area contributed by atoms with Crippen molar-refractivity contribution in [2.45, 2.75) is 37.4 Å². The Morgan fingerprint density at radius 1 is 1.21 bits per heavy atom. The normalized spacial score (nSPS) is 20.3. The van der Waals surface area contributed by atoms with Crippen molar-refractivity contribution in [1.29, 1.82) is 0 Å². The number of terminal acetylenes is 1. The molecule has 1 aromatic carbocycles. The minimum absolute atomic E-state index is 0.0235. The van der Waals surface area contributed by atoms with Gasteiger partial charge in [-0.15, -0.1) is 17.8 Å². The highest BCUT2D eigenvalue weighted by molar-refractivity contribution is 7.16. The number of thiazole rings is 1. The minimum Gasteiger partial charge on any atom is -0.347 e. The number of anilines is 1. The van der Waals surface area contributed by atoms with Gasteiger partial charge >= 0.3 is 5.92 Å². The number of carbonyl (C=O) groups is 1. The Hall–Kier alpha value is -3.09. The first-order valence-corrected chi connectivity index (χ1v) is 11.7. The number of piperazine rings is 1. The largest absolute Gasteiger partial charge is 0.347 e. The molecular weight excluding hydrogens is 444 g/mol. The van der Waals surface area contributed by atoms with Gasteiger partial charge in [0.2, 0.25) is 0 Å². The van der Waals surface area contributed by atoms with E-state index < -0.39 is 18.4 Å². The Labute approximate surface area is 194 Å². The van der Waals surface area contributed by atoms with E-state index in [0.29, 0.717) is 5.56 Å². The van der Waals surface area contributed by atoms with Crippen LogP contribution in [0.2, 0.25) is 0 Å². The predicted molar refractivity (Wildman–Crippen MR) is 124 cm³/mol. The molecule has 9 heteroatoms. The van der Waals surface area contributed by atoms with Crippen molar-refractivity contribution in [3.05, 3.63) is 53.2 Å². The first-order chi connectivity index (χ1) is 16.0. The van der Waals surface area contributed by atoms with Crippen molar-refractivity contribution in [3.63, 3.8) is 0 Å². The molecule has 2 aromatic heterocycles. The van der Waals surface area contributed by atoms with Crippen LogP contribution in [0.15, 0.2) is 42.0 Å². The van der Waals surface area contributed by atoms with Crippen LogP contribution in [-0.4, -0.2) is 58.4 Å². The number of amides is 1.